The van der Waals surface area contributed by atoms with Crippen LogP contribution in [0.15, 0.2) is 30.3 Å². The Bertz CT molecular complexity index is 505. The van der Waals surface area contributed by atoms with Gasteiger partial charge in [0.25, 0.3) is 5.91 Å². The summed E-state index contributed by atoms with van der Waals surface area (Å²) in [5.41, 5.74) is 7.17. The molecule has 82 valence electrons. The fourth-order valence-electron chi connectivity index (χ4n) is 1.53. The van der Waals surface area contributed by atoms with Crippen LogP contribution < -0.4 is 5.73 Å². The molecule has 0 spiro atoms. The molecule has 0 fully saturated rings. The number of aryl methyl sites for hydroxylation is 1. The summed E-state index contributed by atoms with van der Waals surface area (Å²) in [6.07, 6.45) is 0.750. The number of carbonyl (C=O) groups is 1. The van der Waals surface area contributed by atoms with Crippen molar-refractivity contribution in [2.45, 2.75) is 13.3 Å². The third-order valence-electron chi connectivity index (χ3n) is 2.26. The molecule has 16 heavy (non-hydrogen) atoms. The van der Waals surface area contributed by atoms with E-state index >= 15 is 0 Å². The van der Waals surface area contributed by atoms with Crippen molar-refractivity contribution in [3.05, 3.63) is 51.5 Å². The number of aromatic nitrogens is 1. The Kier molecular flexibility index (Phi) is 3.01. The normalized spacial score (nSPS) is 10.3. The van der Waals surface area contributed by atoms with E-state index in [2.05, 4.69) is 4.98 Å². The number of hydrogen-bond acceptors (Lipinski definition) is 3. The van der Waals surface area contributed by atoms with Gasteiger partial charge < -0.3 is 5.73 Å². The Morgan fingerprint density at radius 3 is 2.62 bits per heavy atom. The maximum absolute atomic E-state index is 11.1. The molecule has 0 aliphatic rings. The van der Waals surface area contributed by atoms with Crippen molar-refractivity contribution in [3.8, 4) is 0 Å². The van der Waals surface area contributed by atoms with E-state index < -0.39 is 5.91 Å². The highest BCUT2D eigenvalue weighted by Gasteiger charge is 2.12. The van der Waals surface area contributed by atoms with Crippen LogP contribution in [0.2, 0.25) is 0 Å². The first kappa shape index (κ1) is 10.8. The minimum atomic E-state index is -0.394. The van der Waals surface area contributed by atoms with Gasteiger partial charge in [0, 0.05) is 6.42 Å². The predicted octanol–water partition coefficient (Wildman–Crippen LogP) is 2.14. The first-order valence-electron chi connectivity index (χ1n) is 4.97. The van der Waals surface area contributed by atoms with Gasteiger partial charge in [-0.3, -0.25) is 4.79 Å². The number of nitrogens with zero attached hydrogens (tertiary/aromatic N) is 1. The number of hydrogen-bond donors (Lipinski definition) is 1. The molecule has 3 nitrogen and oxygen atoms in total. The quantitative estimate of drug-likeness (QED) is 0.881. The highest BCUT2D eigenvalue weighted by Crippen LogP contribution is 2.20. The van der Waals surface area contributed by atoms with Crippen LogP contribution in [0, 0.1) is 6.92 Å². The zero-order valence-electron chi connectivity index (χ0n) is 8.93. The average molecular weight is 232 g/mol. The van der Waals surface area contributed by atoms with E-state index in [4.69, 9.17) is 5.73 Å². The largest absolute Gasteiger partial charge is 0.365 e. The minimum Gasteiger partial charge on any atom is -0.365 e. The zero-order chi connectivity index (χ0) is 11.5. The number of carbonyl (C=O) groups excluding carboxylic acids is 1. The van der Waals surface area contributed by atoms with Crippen LogP contribution in [-0.4, -0.2) is 10.9 Å². The van der Waals surface area contributed by atoms with Crippen molar-refractivity contribution in [2.75, 3.05) is 0 Å². The summed E-state index contributed by atoms with van der Waals surface area (Å²) in [5.74, 6) is -0.394. The van der Waals surface area contributed by atoms with E-state index in [1.807, 2.05) is 37.3 Å². The van der Waals surface area contributed by atoms with Crippen LogP contribution in [0.3, 0.4) is 0 Å². The summed E-state index contributed by atoms with van der Waals surface area (Å²) in [5, 5.41) is 0.928. The van der Waals surface area contributed by atoms with Gasteiger partial charge in [-0.1, -0.05) is 30.3 Å². The first-order valence-corrected chi connectivity index (χ1v) is 5.78. The smallest absolute Gasteiger partial charge is 0.260 e. The van der Waals surface area contributed by atoms with Gasteiger partial charge in [0.2, 0.25) is 0 Å². The third kappa shape index (κ3) is 2.28. The summed E-state index contributed by atoms with van der Waals surface area (Å²) >= 11 is 1.38. The molecule has 2 rings (SSSR count). The Hall–Kier alpha value is -1.68. The third-order valence-corrected chi connectivity index (χ3v) is 3.43. The predicted molar refractivity (Wildman–Crippen MR) is 64.6 cm³/mol. The van der Waals surface area contributed by atoms with E-state index in [1.165, 1.54) is 16.9 Å². The second-order valence-electron chi connectivity index (χ2n) is 3.55. The van der Waals surface area contributed by atoms with Gasteiger partial charge in [-0.05, 0) is 12.5 Å². The second-order valence-corrected chi connectivity index (χ2v) is 4.63. The Morgan fingerprint density at radius 2 is 2.06 bits per heavy atom. The molecule has 0 aliphatic carbocycles. The van der Waals surface area contributed by atoms with Crippen LogP contribution >= 0.6 is 11.3 Å². The lowest BCUT2D eigenvalue weighted by Gasteiger charge is -1.95. The molecule has 1 aromatic carbocycles. The van der Waals surface area contributed by atoms with Crippen molar-refractivity contribution < 1.29 is 4.79 Å². The lowest BCUT2D eigenvalue weighted by molar-refractivity contribution is 0.100. The lowest BCUT2D eigenvalue weighted by Crippen LogP contribution is -2.09. The molecule has 2 aromatic rings. The van der Waals surface area contributed by atoms with E-state index in [0.717, 1.165) is 17.1 Å². The molecule has 0 aliphatic heterocycles. The van der Waals surface area contributed by atoms with Gasteiger partial charge in [-0.15, -0.1) is 11.3 Å². The number of thiazole rings is 1. The van der Waals surface area contributed by atoms with Gasteiger partial charge in [-0.2, -0.15) is 0 Å². The SMILES string of the molecule is Cc1nc(Cc2ccccc2)sc1C(N)=O. The highest BCUT2D eigenvalue weighted by atomic mass is 32.1. The molecular formula is C12H12N2OS. The maximum atomic E-state index is 11.1. The fraction of sp³-hybridized carbons (Fsp3) is 0.167. The zero-order valence-corrected chi connectivity index (χ0v) is 9.75. The Labute approximate surface area is 97.9 Å². The monoisotopic (exact) mass is 232 g/mol. The molecule has 0 unspecified atom stereocenters. The molecular weight excluding hydrogens is 220 g/mol. The first-order chi connectivity index (χ1) is 7.66. The van der Waals surface area contributed by atoms with E-state index in [9.17, 15) is 4.79 Å². The van der Waals surface area contributed by atoms with Crippen LogP contribution in [0.25, 0.3) is 0 Å². The van der Waals surface area contributed by atoms with Crippen molar-refractivity contribution in [1.29, 1.82) is 0 Å². The molecule has 0 radical (unpaired) electrons. The van der Waals surface area contributed by atoms with Gasteiger partial charge in [-0.25, -0.2) is 4.98 Å². The van der Waals surface area contributed by atoms with Gasteiger partial charge in [0.1, 0.15) is 4.88 Å². The number of nitrogens with two attached hydrogens (primary N) is 1. The summed E-state index contributed by atoms with van der Waals surface area (Å²) < 4.78 is 0. The molecule has 2 N–H and O–H groups in total. The lowest BCUT2D eigenvalue weighted by atomic mass is 10.2. The van der Waals surface area contributed by atoms with Crippen molar-refractivity contribution >= 4 is 17.2 Å². The summed E-state index contributed by atoms with van der Waals surface area (Å²) in [4.78, 5) is 16.0. The molecule has 1 amide bonds. The van der Waals surface area contributed by atoms with Crippen LogP contribution in [0.1, 0.15) is 25.9 Å². The molecule has 4 heteroatoms. The number of benzene rings is 1. The highest BCUT2D eigenvalue weighted by molar-refractivity contribution is 7.13. The fourth-order valence-corrected chi connectivity index (χ4v) is 2.48. The Morgan fingerprint density at radius 1 is 1.38 bits per heavy atom. The molecule has 1 heterocycles. The van der Waals surface area contributed by atoms with Crippen molar-refractivity contribution in [3.63, 3.8) is 0 Å². The minimum absolute atomic E-state index is 0.394. The Balaban J connectivity index is 2.23. The van der Waals surface area contributed by atoms with E-state index in [1.54, 1.807) is 0 Å². The van der Waals surface area contributed by atoms with Crippen molar-refractivity contribution in [2.24, 2.45) is 5.73 Å². The molecule has 0 saturated heterocycles. The molecule has 0 atom stereocenters. The second kappa shape index (κ2) is 4.45. The number of primary amides is 1. The number of amides is 1. The number of rotatable bonds is 3. The van der Waals surface area contributed by atoms with E-state index in [0.29, 0.717) is 4.88 Å². The molecule has 1 aromatic heterocycles. The average Bonchev–Trinajstić information content (AvgIpc) is 2.61. The molecule has 0 bridgehead atoms. The van der Waals surface area contributed by atoms with Gasteiger partial charge in [0.05, 0.1) is 10.7 Å². The van der Waals surface area contributed by atoms with Crippen LogP contribution in [0.5, 0.6) is 0 Å². The van der Waals surface area contributed by atoms with Crippen molar-refractivity contribution in [1.82, 2.24) is 4.98 Å². The van der Waals surface area contributed by atoms with Gasteiger partial charge in [0.15, 0.2) is 0 Å². The van der Waals surface area contributed by atoms with Gasteiger partial charge >= 0.3 is 0 Å². The molecule has 0 saturated carbocycles. The summed E-state index contributed by atoms with van der Waals surface area (Å²) in [6, 6.07) is 10.0. The van der Waals surface area contributed by atoms with E-state index in [-0.39, 0.29) is 0 Å². The van der Waals surface area contributed by atoms with Crippen LogP contribution in [0.4, 0.5) is 0 Å². The maximum Gasteiger partial charge on any atom is 0.260 e. The summed E-state index contributed by atoms with van der Waals surface area (Å²) in [6.45, 7) is 1.81. The van der Waals surface area contributed by atoms with Crippen LogP contribution in [-0.2, 0) is 6.42 Å². The standard InChI is InChI=1S/C12H12N2OS/c1-8-11(12(13)15)16-10(14-8)7-9-5-3-2-4-6-9/h2-6H,7H2,1H3,(H2,13,15). The topological polar surface area (TPSA) is 56.0 Å². The summed E-state index contributed by atoms with van der Waals surface area (Å²) in [7, 11) is 0.